The molecule has 1 aromatic carbocycles. The third-order valence-corrected chi connectivity index (χ3v) is 5.48. The molecule has 0 saturated heterocycles. The zero-order chi connectivity index (χ0) is 16.5. The Morgan fingerprint density at radius 1 is 1.25 bits per heavy atom. The molecule has 0 unspecified atom stereocenters. The second-order valence-electron chi connectivity index (χ2n) is 7.02. The number of carbonyl (C=O) groups excluding carboxylic acids is 1. The summed E-state index contributed by atoms with van der Waals surface area (Å²) in [6.45, 7) is 3.06. The maximum Gasteiger partial charge on any atom is 0.226 e. The van der Waals surface area contributed by atoms with Crippen LogP contribution in [0.15, 0.2) is 48.8 Å². The van der Waals surface area contributed by atoms with Crippen LogP contribution in [0.25, 0.3) is 0 Å². The number of pyridine rings is 1. The highest BCUT2D eigenvalue weighted by Crippen LogP contribution is 2.49. The number of amides is 1. The van der Waals surface area contributed by atoms with Crippen molar-refractivity contribution >= 4 is 5.91 Å². The van der Waals surface area contributed by atoms with Crippen molar-refractivity contribution in [3.05, 3.63) is 65.5 Å². The van der Waals surface area contributed by atoms with E-state index in [4.69, 9.17) is 0 Å². The summed E-state index contributed by atoms with van der Waals surface area (Å²) in [6.07, 6.45) is 7.80. The molecule has 3 atom stereocenters. The van der Waals surface area contributed by atoms with Crippen molar-refractivity contribution in [3.8, 4) is 0 Å². The molecular weight excluding hydrogens is 296 g/mol. The topological polar surface area (TPSA) is 33.2 Å². The first-order chi connectivity index (χ1) is 11.8. The molecule has 1 fully saturated rings. The Labute approximate surface area is 143 Å². The summed E-state index contributed by atoms with van der Waals surface area (Å²) in [5, 5.41) is 0. The molecule has 0 bridgehead atoms. The van der Waals surface area contributed by atoms with Gasteiger partial charge in [-0.2, -0.15) is 0 Å². The van der Waals surface area contributed by atoms with E-state index in [1.807, 2.05) is 12.3 Å². The number of aromatic nitrogens is 1. The number of rotatable bonds is 4. The van der Waals surface area contributed by atoms with E-state index in [1.54, 1.807) is 6.20 Å². The third-order valence-electron chi connectivity index (χ3n) is 5.48. The monoisotopic (exact) mass is 320 g/mol. The summed E-state index contributed by atoms with van der Waals surface area (Å²) in [6, 6.07) is 13.0. The van der Waals surface area contributed by atoms with Crippen LogP contribution in [0.4, 0.5) is 0 Å². The van der Waals surface area contributed by atoms with Gasteiger partial charge in [-0.05, 0) is 47.9 Å². The second kappa shape index (κ2) is 6.39. The lowest BCUT2D eigenvalue weighted by Gasteiger charge is -2.37. The molecule has 2 heterocycles. The highest BCUT2D eigenvalue weighted by Gasteiger charge is 2.47. The molecule has 124 valence electrons. The summed E-state index contributed by atoms with van der Waals surface area (Å²) in [5.74, 6) is 0.862. The van der Waals surface area contributed by atoms with Gasteiger partial charge in [0.25, 0.3) is 0 Å². The van der Waals surface area contributed by atoms with Crippen molar-refractivity contribution in [2.24, 2.45) is 5.92 Å². The maximum atomic E-state index is 13.1. The van der Waals surface area contributed by atoms with Gasteiger partial charge >= 0.3 is 0 Å². The van der Waals surface area contributed by atoms with Crippen LogP contribution in [-0.2, 0) is 11.2 Å². The molecule has 2 aliphatic rings. The largest absolute Gasteiger partial charge is 0.335 e. The van der Waals surface area contributed by atoms with Crippen molar-refractivity contribution < 1.29 is 4.79 Å². The molecule has 1 aliphatic carbocycles. The highest BCUT2D eigenvalue weighted by molar-refractivity contribution is 5.83. The van der Waals surface area contributed by atoms with E-state index in [0.717, 1.165) is 32.2 Å². The Hall–Kier alpha value is -2.16. The lowest BCUT2D eigenvalue weighted by Crippen LogP contribution is -2.41. The summed E-state index contributed by atoms with van der Waals surface area (Å²) in [4.78, 5) is 19.5. The Kier molecular flexibility index (Phi) is 4.09. The van der Waals surface area contributed by atoms with Gasteiger partial charge in [0, 0.05) is 24.9 Å². The van der Waals surface area contributed by atoms with E-state index in [1.165, 1.54) is 16.7 Å². The molecule has 0 spiro atoms. The number of fused-ring (bicyclic) bond motifs is 1. The predicted octanol–water partition coefficient (Wildman–Crippen LogP) is 4.11. The molecule has 4 rings (SSSR count). The van der Waals surface area contributed by atoms with E-state index in [9.17, 15) is 4.79 Å². The summed E-state index contributed by atoms with van der Waals surface area (Å²) in [7, 11) is 0. The van der Waals surface area contributed by atoms with Gasteiger partial charge in [-0.25, -0.2) is 0 Å². The summed E-state index contributed by atoms with van der Waals surface area (Å²) < 4.78 is 0. The van der Waals surface area contributed by atoms with Crippen LogP contribution in [0.2, 0.25) is 0 Å². The van der Waals surface area contributed by atoms with E-state index in [2.05, 4.69) is 47.1 Å². The van der Waals surface area contributed by atoms with Gasteiger partial charge in [0.1, 0.15) is 0 Å². The van der Waals surface area contributed by atoms with Crippen molar-refractivity contribution in [1.29, 1.82) is 0 Å². The zero-order valence-corrected chi connectivity index (χ0v) is 14.2. The second-order valence-corrected chi connectivity index (χ2v) is 7.02. The molecule has 24 heavy (non-hydrogen) atoms. The van der Waals surface area contributed by atoms with E-state index < -0.39 is 0 Å². The van der Waals surface area contributed by atoms with E-state index in [-0.39, 0.29) is 12.0 Å². The van der Waals surface area contributed by atoms with E-state index >= 15 is 0 Å². The molecule has 1 saturated carbocycles. The molecule has 3 heteroatoms. The van der Waals surface area contributed by atoms with Gasteiger partial charge in [-0.1, -0.05) is 43.7 Å². The first-order valence-corrected chi connectivity index (χ1v) is 9.07. The van der Waals surface area contributed by atoms with Crippen LogP contribution in [0.5, 0.6) is 0 Å². The van der Waals surface area contributed by atoms with Crippen LogP contribution in [-0.4, -0.2) is 22.3 Å². The van der Waals surface area contributed by atoms with Gasteiger partial charge < -0.3 is 4.90 Å². The first kappa shape index (κ1) is 15.4. The Balaban J connectivity index is 1.54. The van der Waals surface area contributed by atoms with Crippen molar-refractivity contribution in [2.45, 2.75) is 44.6 Å². The number of nitrogens with zero attached hydrogens (tertiary/aromatic N) is 2. The quantitative estimate of drug-likeness (QED) is 0.849. The summed E-state index contributed by atoms with van der Waals surface area (Å²) >= 11 is 0. The molecule has 3 nitrogen and oxygen atoms in total. The van der Waals surface area contributed by atoms with Crippen molar-refractivity contribution in [3.63, 3.8) is 0 Å². The lowest BCUT2D eigenvalue weighted by molar-refractivity contribution is -0.135. The third kappa shape index (κ3) is 2.72. The smallest absolute Gasteiger partial charge is 0.226 e. The fourth-order valence-corrected chi connectivity index (χ4v) is 4.14. The van der Waals surface area contributed by atoms with Crippen LogP contribution in [0.1, 0.15) is 54.8 Å². The Bertz CT molecular complexity index is 728. The minimum atomic E-state index is 0.152. The molecule has 1 amide bonds. The van der Waals surface area contributed by atoms with Crippen molar-refractivity contribution in [2.75, 3.05) is 6.54 Å². The predicted molar refractivity (Wildman–Crippen MR) is 94.6 cm³/mol. The van der Waals surface area contributed by atoms with Crippen LogP contribution >= 0.6 is 0 Å². The van der Waals surface area contributed by atoms with E-state index in [0.29, 0.717) is 11.8 Å². The minimum Gasteiger partial charge on any atom is -0.335 e. The number of carbonyl (C=O) groups is 1. The fourth-order valence-electron chi connectivity index (χ4n) is 4.14. The molecule has 1 aromatic heterocycles. The number of hydrogen-bond acceptors (Lipinski definition) is 2. The zero-order valence-electron chi connectivity index (χ0n) is 14.2. The average Bonchev–Trinajstić information content (AvgIpc) is 3.43. The van der Waals surface area contributed by atoms with Gasteiger partial charge in [0.05, 0.1) is 6.04 Å². The number of hydrogen-bond donors (Lipinski definition) is 0. The first-order valence-electron chi connectivity index (χ1n) is 9.07. The number of benzene rings is 1. The molecule has 1 aliphatic heterocycles. The molecule has 2 aromatic rings. The van der Waals surface area contributed by atoms with Crippen molar-refractivity contribution in [1.82, 2.24) is 9.88 Å². The molecule has 0 N–H and O–H groups in total. The Morgan fingerprint density at radius 3 is 2.92 bits per heavy atom. The Morgan fingerprint density at radius 2 is 2.12 bits per heavy atom. The average molecular weight is 320 g/mol. The van der Waals surface area contributed by atoms with Gasteiger partial charge in [0.15, 0.2) is 0 Å². The highest BCUT2D eigenvalue weighted by atomic mass is 16.2. The fraction of sp³-hybridized carbons (Fsp3) is 0.429. The maximum absolute atomic E-state index is 13.1. The molecule has 0 radical (unpaired) electrons. The van der Waals surface area contributed by atoms with Gasteiger partial charge in [-0.3, -0.25) is 9.78 Å². The SMILES string of the molecule is CCC[C@@H]1c2ccccc2CCN1C(=O)[C@H]1C[C@H]1c1cccnc1. The lowest BCUT2D eigenvalue weighted by atomic mass is 9.89. The van der Waals surface area contributed by atoms with Crippen LogP contribution in [0, 0.1) is 5.92 Å². The van der Waals surface area contributed by atoms with Gasteiger partial charge in [-0.15, -0.1) is 0 Å². The van der Waals surface area contributed by atoms with Gasteiger partial charge in [0.2, 0.25) is 5.91 Å². The standard InChI is InChI=1S/C21H24N2O/c1-2-6-20-17-9-4-3-7-15(17)10-12-23(20)21(24)19-13-18(19)16-8-5-11-22-14-16/h3-5,7-9,11,14,18-20H,2,6,10,12-13H2,1H3/t18-,19-,20+/m0/s1. The van der Waals surface area contributed by atoms with Crippen LogP contribution < -0.4 is 0 Å². The minimum absolute atomic E-state index is 0.152. The molecular formula is C21H24N2O. The normalized spacial score (nSPS) is 25.2. The summed E-state index contributed by atoms with van der Waals surface area (Å²) in [5.41, 5.74) is 3.98. The van der Waals surface area contributed by atoms with Crippen LogP contribution in [0.3, 0.4) is 0 Å².